The number of thiazole rings is 2. The van der Waals surface area contributed by atoms with Gasteiger partial charge in [0.1, 0.15) is 5.52 Å². The molecule has 130 valence electrons. The molecule has 2 heterocycles. The van der Waals surface area contributed by atoms with E-state index in [2.05, 4.69) is 20.6 Å². The maximum absolute atomic E-state index is 13.6. The van der Waals surface area contributed by atoms with Crippen LogP contribution in [0.1, 0.15) is 12.8 Å². The molecule has 0 radical (unpaired) electrons. The summed E-state index contributed by atoms with van der Waals surface area (Å²) in [5.41, 5.74) is -0.360. The van der Waals surface area contributed by atoms with E-state index < -0.39 is 23.4 Å². The monoisotopic (exact) mass is 386 g/mol. The lowest BCUT2D eigenvalue weighted by atomic mass is 10.3. The third kappa shape index (κ3) is 3.94. The second-order valence-electron chi connectivity index (χ2n) is 4.79. The van der Waals surface area contributed by atoms with Gasteiger partial charge in [0.25, 0.3) is 0 Å². The zero-order valence-corrected chi connectivity index (χ0v) is 13.9. The largest absolute Gasteiger partial charge is 0.302 e. The normalized spacial score (nSPS) is 10.8. The molecule has 2 aromatic heterocycles. The molecule has 0 aliphatic rings. The van der Waals surface area contributed by atoms with Gasteiger partial charge in [-0.25, -0.2) is 23.1 Å². The summed E-state index contributed by atoms with van der Waals surface area (Å²) in [5.74, 6) is -5.27. The van der Waals surface area contributed by atoms with Crippen LogP contribution in [0.2, 0.25) is 0 Å². The number of hydrogen-bond donors (Lipinski definition) is 2. The fourth-order valence-corrected chi connectivity index (χ4v) is 3.35. The summed E-state index contributed by atoms with van der Waals surface area (Å²) in [4.78, 5) is 31.1. The van der Waals surface area contributed by atoms with Crippen molar-refractivity contribution < 1.29 is 22.8 Å². The van der Waals surface area contributed by atoms with E-state index >= 15 is 0 Å². The molecule has 3 rings (SSSR count). The molecule has 0 aliphatic carbocycles. The fourth-order valence-electron chi connectivity index (χ4n) is 1.90. The molecule has 0 unspecified atom stereocenters. The van der Waals surface area contributed by atoms with Gasteiger partial charge in [0.2, 0.25) is 11.8 Å². The van der Waals surface area contributed by atoms with Gasteiger partial charge in [0, 0.05) is 24.4 Å². The minimum atomic E-state index is -1.62. The maximum atomic E-state index is 13.6. The van der Waals surface area contributed by atoms with Crippen LogP contribution in [0.3, 0.4) is 0 Å². The van der Waals surface area contributed by atoms with E-state index in [1.54, 1.807) is 5.38 Å². The average Bonchev–Trinajstić information content (AvgIpc) is 3.20. The van der Waals surface area contributed by atoms with Crippen LogP contribution in [-0.4, -0.2) is 21.8 Å². The smallest absolute Gasteiger partial charge is 0.226 e. The molecule has 0 fully saturated rings. The number of carbonyl (C=O) groups excluding carboxylic acids is 2. The molecule has 0 saturated heterocycles. The first-order valence-corrected chi connectivity index (χ1v) is 8.57. The molecule has 25 heavy (non-hydrogen) atoms. The Balaban J connectivity index is 1.60. The van der Waals surface area contributed by atoms with Crippen molar-refractivity contribution in [1.82, 2.24) is 9.97 Å². The Hall–Kier alpha value is -2.53. The van der Waals surface area contributed by atoms with E-state index in [1.165, 1.54) is 17.5 Å². The van der Waals surface area contributed by atoms with Crippen LogP contribution in [0.15, 0.2) is 17.6 Å². The number of hydrogen-bond acceptors (Lipinski definition) is 6. The van der Waals surface area contributed by atoms with Gasteiger partial charge in [0.15, 0.2) is 27.7 Å². The lowest BCUT2D eigenvalue weighted by Crippen LogP contribution is -2.17. The lowest BCUT2D eigenvalue weighted by Gasteiger charge is -2.02. The van der Waals surface area contributed by atoms with Crippen molar-refractivity contribution in [2.24, 2.45) is 0 Å². The van der Waals surface area contributed by atoms with Crippen molar-refractivity contribution in [1.29, 1.82) is 0 Å². The van der Waals surface area contributed by atoms with Gasteiger partial charge in [-0.2, -0.15) is 0 Å². The van der Waals surface area contributed by atoms with Crippen LogP contribution < -0.4 is 10.6 Å². The van der Waals surface area contributed by atoms with Crippen molar-refractivity contribution >= 4 is 55.0 Å². The molecular weight excluding hydrogens is 377 g/mol. The zero-order chi connectivity index (χ0) is 18.0. The summed E-state index contributed by atoms with van der Waals surface area (Å²) in [6.07, 6.45) is 1.30. The predicted octanol–water partition coefficient (Wildman–Crippen LogP) is 3.53. The number of nitrogens with zero attached hydrogens (tertiary/aromatic N) is 2. The molecular formula is C14H9F3N4O2S2. The van der Waals surface area contributed by atoms with Crippen LogP contribution in [0.5, 0.6) is 0 Å². The first-order chi connectivity index (χ1) is 11.9. The molecule has 0 spiro atoms. The van der Waals surface area contributed by atoms with Gasteiger partial charge >= 0.3 is 0 Å². The molecule has 3 aromatic rings. The first-order valence-electron chi connectivity index (χ1n) is 6.87. The van der Waals surface area contributed by atoms with Gasteiger partial charge in [-0.3, -0.25) is 9.59 Å². The SMILES string of the molecule is O=C(CCC(=O)Nc1nc2c(F)c(F)c(F)cc2s1)Nc1nccs1. The number of halogens is 3. The highest BCUT2D eigenvalue weighted by atomic mass is 32.1. The summed E-state index contributed by atoms with van der Waals surface area (Å²) < 4.78 is 40.0. The molecule has 0 atom stereocenters. The van der Waals surface area contributed by atoms with E-state index in [0.717, 1.165) is 17.4 Å². The number of anilines is 2. The van der Waals surface area contributed by atoms with Gasteiger partial charge in [-0.1, -0.05) is 11.3 Å². The highest BCUT2D eigenvalue weighted by Gasteiger charge is 2.18. The Morgan fingerprint density at radius 2 is 1.72 bits per heavy atom. The molecule has 2 amide bonds. The van der Waals surface area contributed by atoms with E-state index in [9.17, 15) is 22.8 Å². The minimum absolute atomic E-state index is 0.00997. The van der Waals surface area contributed by atoms with Crippen LogP contribution >= 0.6 is 22.7 Å². The second-order valence-corrected chi connectivity index (χ2v) is 6.71. The number of rotatable bonds is 5. The highest BCUT2D eigenvalue weighted by molar-refractivity contribution is 7.22. The Labute approximate surface area is 146 Å². The third-order valence-electron chi connectivity index (χ3n) is 3.03. The van der Waals surface area contributed by atoms with Gasteiger partial charge in [-0.05, 0) is 6.07 Å². The Kier molecular flexibility index (Phi) is 4.95. The lowest BCUT2D eigenvalue weighted by molar-refractivity contribution is -0.121. The first kappa shape index (κ1) is 17.3. The van der Waals surface area contributed by atoms with E-state index in [1.807, 2.05) is 0 Å². The molecule has 11 heteroatoms. The fraction of sp³-hybridized carbons (Fsp3) is 0.143. The summed E-state index contributed by atoms with van der Waals surface area (Å²) in [6.45, 7) is 0. The summed E-state index contributed by atoms with van der Waals surface area (Å²) in [7, 11) is 0. The quantitative estimate of drug-likeness (QED) is 0.657. The standard InChI is InChI=1S/C14H9F3N4O2S2/c15-6-5-7-12(11(17)10(6)16)21-14(25-7)20-9(23)2-1-8(22)19-13-18-3-4-24-13/h3-5H,1-2H2,(H,18,19,22)(H,20,21,23). The maximum Gasteiger partial charge on any atom is 0.226 e. The molecule has 0 saturated carbocycles. The van der Waals surface area contributed by atoms with Crippen LogP contribution in [-0.2, 0) is 9.59 Å². The molecule has 0 aliphatic heterocycles. The molecule has 6 nitrogen and oxygen atoms in total. The van der Waals surface area contributed by atoms with Crippen molar-refractivity contribution in [3.63, 3.8) is 0 Å². The van der Waals surface area contributed by atoms with Crippen LogP contribution in [0.4, 0.5) is 23.4 Å². The number of benzene rings is 1. The van der Waals surface area contributed by atoms with Gasteiger partial charge in [0.05, 0.1) is 4.70 Å². The highest BCUT2D eigenvalue weighted by Crippen LogP contribution is 2.30. The average molecular weight is 386 g/mol. The Morgan fingerprint density at radius 3 is 2.36 bits per heavy atom. The minimum Gasteiger partial charge on any atom is -0.302 e. The van der Waals surface area contributed by atoms with Gasteiger partial charge < -0.3 is 10.6 Å². The second kappa shape index (κ2) is 7.15. The zero-order valence-electron chi connectivity index (χ0n) is 12.3. The van der Waals surface area contributed by atoms with Crippen molar-refractivity contribution in [2.45, 2.75) is 12.8 Å². The third-order valence-corrected chi connectivity index (χ3v) is 4.63. The van der Waals surface area contributed by atoms with Crippen LogP contribution in [0.25, 0.3) is 10.2 Å². The summed E-state index contributed by atoms with van der Waals surface area (Å²) in [6, 6.07) is 0.808. The van der Waals surface area contributed by atoms with Crippen molar-refractivity contribution in [3.05, 3.63) is 35.1 Å². The molecule has 0 bridgehead atoms. The van der Waals surface area contributed by atoms with Crippen LogP contribution in [0, 0.1) is 17.5 Å². The summed E-state index contributed by atoms with van der Waals surface area (Å²) >= 11 is 2.05. The van der Waals surface area contributed by atoms with E-state index in [4.69, 9.17) is 0 Å². The van der Waals surface area contributed by atoms with E-state index in [0.29, 0.717) is 5.13 Å². The summed E-state index contributed by atoms with van der Waals surface area (Å²) in [5, 5.41) is 7.01. The van der Waals surface area contributed by atoms with E-state index in [-0.39, 0.29) is 34.1 Å². The van der Waals surface area contributed by atoms with Gasteiger partial charge in [-0.15, -0.1) is 11.3 Å². The molecule has 2 N–H and O–H groups in total. The Morgan fingerprint density at radius 1 is 1.04 bits per heavy atom. The Bertz CT molecular complexity index is 943. The van der Waals surface area contributed by atoms with Crippen molar-refractivity contribution in [3.8, 4) is 0 Å². The number of fused-ring (bicyclic) bond motifs is 1. The topological polar surface area (TPSA) is 84.0 Å². The van der Waals surface area contributed by atoms with Crippen molar-refractivity contribution in [2.75, 3.05) is 10.6 Å². The number of aromatic nitrogens is 2. The predicted molar refractivity (Wildman–Crippen MR) is 88.1 cm³/mol. The molecule has 1 aromatic carbocycles. The number of carbonyl (C=O) groups is 2. The number of amides is 2. The number of nitrogens with one attached hydrogen (secondary N) is 2.